The third kappa shape index (κ3) is 2.70. The molecular weight excluding hydrogens is 356 g/mol. The molecular formula is C21H20N4O3. The highest BCUT2D eigenvalue weighted by Crippen LogP contribution is 2.28. The van der Waals surface area contributed by atoms with Crippen molar-refractivity contribution in [1.82, 2.24) is 19.4 Å². The van der Waals surface area contributed by atoms with Crippen molar-refractivity contribution in [3.8, 4) is 0 Å². The first-order chi connectivity index (χ1) is 13.6. The lowest BCUT2D eigenvalue weighted by Crippen LogP contribution is -2.39. The monoisotopic (exact) mass is 376 g/mol. The third-order valence-corrected chi connectivity index (χ3v) is 5.54. The van der Waals surface area contributed by atoms with Crippen LogP contribution in [-0.2, 0) is 7.05 Å². The molecule has 1 saturated heterocycles. The van der Waals surface area contributed by atoms with Gasteiger partial charge < -0.3 is 14.3 Å². The van der Waals surface area contributed by atoms with E-state index in [0.717, 1.165) is 36.2 Å². The first kappa shape index (κ1) is 16.8. The van der Waals surface area contributed by atoms with Crippen LogP contribution in [0.1, 0.15) is 34.9 Å². The molecule has 28 heavy (non-hydrogen) atoms. The Morgan fingerprint density at radius 1 is 1.25 bits per heavy atom. The lowest BCUT2D eigenvalue weighted by atomic mass is 9.96. The van der Waals surface area contributed by atoms with Crippen LogP contribution in [0.15, 0.2) is 51.7 Å². The van der Waals surface area contributed by atoms with E-state index < -0.39 is 5.76 Å². The van der Waals surface area contributed by atoms with Gasteiger partial charge in [0, 0.05) is 31.6 Å². The number of carbonyl (C=O) groups is 1. The van der Waals surface area contributed by atoms with E-state index in [0.29, 0.717) is 23.2 Å². The molecule has 1 aliphatic rings. The normalized spacial score (nSPS) is 17.5. The first-order valence-corrected chi connectivity index (χ1v) is 9.43. The second kappa shape index (κ2) is 6.37. The Balaban J connectivity index is 1.42. The van der Waals surface area contributed by atoms with Gasteiger partial charge in [-0.2, -0.15) is 0 Å². The zero-order chi connectivity index (χ0) is 19.3. The summed E-state index contributed by atoms with van der Waals surface area (Å²) in [6.07, 6.45) is 1.93. The minimum atomic E-state index is -0.428. The Morgan fingerprint density at radius 3 is 2.96 bits per heavy atom. The van der Waals surface area contributed by atoms with Gasteiger partial charge in [-0.25, -0.2) is 9.78 Å². The predicted molar refractivity (Wildman–Crippen MR) is 105 cm³/mol. The van der Waals surface area contributed by atoms with Gasteiger partial charge in [-0.05, 0) is 43.2 Å². The lowest BCUT2D eigenvalue weighted by Gasteiger charge is -2.32. The number of aryl methyl sites for hydroxylation is 1. The Morgan fingerprint density at radius 2 is 2.11 bits per heavy atom. The maximum Gasteiger partial charge on any atom is 0.419 e. The number of fused-ring (bicyclic) bond motifs is 2. The van der Waals surface area contributed by atoms with Crippen LogP contribution < -0.4 is 5.76 Å². The SMILES string of the molecule is Cn1c(=O)oc2ccc(C(=O)N3CCC[C@@H](c4nc5ccccc5[nH]4)C3)cc21. The molecule has 7 nitrogen and oxygen atoms in total. The molecule has 0 spiro atoms. The molecule has 1 N–H and O–H groups in total. The Bertz CT molecular complexity index is 1220. The summed E-state index contributed by atoms with van der Waals surface area (Å²) in [7, 11) is 1.64. The Kier molecular flexibility index (Phi) is 3.82. The number of benzene rings is 2. The van der Waals surface area contributed by atoms with Crippen molar-refractivity contribution in [1.29, 1.82) is 0 Å². The number of para-hydroxylation sites is 2. The average molecular weight is 376 g/mol. The molecule has 0 radical (unpaired) electrons. The van der Waals surface area contributed by atoms with Crippen molar-refractivity contribution in [2.45, 2.75) is 18.8 Å². The van der Waals surface area contributed by atoms with Crippen molar-refractivity contribution in [2.24, 2.45) is 7.05 Å². The molecule has 0 saturated carbocycles. The Labute approximate surface area is 160 Å². The number of amides is 1. The number of piperidine rings is 1. The topological polar surface area (TPSA) is 84.1 Å². The summed E-state index contributed by atoms with van der Waals surface area (Å²) in [6.45, 7) is 1.35. The fraction of sp³-hybridized carbons (Fsp3) is 0.286. The molecule has 2 aromatic carbocycles. The quantitative estimate of drug-likeness (QED) is 0.583. The smallest absolute Gasteiger partial charge is 0.408 e. The molecule has 3 heterocycles. The van der Waals surface area contributed by atoms with E-state index in [9.17, 15) is 9.59 Å². The van der Waals surface area contributed by atoms with Crippen LogP contribution in [0.4, 0.5) is 0 Å². The fourth-order valence-electron chi connectivity index (χ4n) is 3.99. The van der Waals surface area contributed by atoms with Crippen molar-refractivity contribution in [3.63, 3.8) is 0 Å². The lowest BCUT2D eigenvalue weighted by molar-refractivity contribution is 0.0705. The number of H-pyrrole nitrogens is 1. The summed E-state index contributed by atoms with van der Waals surface area (Å²) in [5.41, 5.74) is 3.65. The summed E-state index contributed by atoms with van der Waals surface area (Å²) in [6, 6.07) is 13.1. The summed E-state index contributed by atoms with van der Waals surface area (Å²) in [4.78, 5) is 34.8. The highest BCUT2D eigenvalue weighted by Gasteiger charge is 2.27. The van der Waals surface area contributed by atoms with Crippen molar-refractivity contribution >= 4 is 28.0 Å². The number of hydrogen-bond donors (Lipinski definition) is 1. The van der Waals surface area contributed by atoms with Crippen LogP contribution in [0.2, 0.25) is 0 Å². The van der Waals surface area contributed by atoms with E-state index in [1.807, 2.05) is 29.2 Å². The number of imidazole rings is 1. The predicted octanol–water partition coefficient (Wildman–Crippen LogP) is 3.03. The van der Waals surface area contributed by atoms with Gasteiger partial charge in [-0.3, -0.25) is 9.36 Å². The molecule has 5 rings (SSSR count). The van der Waals surface area contributed by atoms with Crippen LogP contribution in [0, 0.1) is 0 Å². The summed E-state index contributed by atoms with van der Waals surface area (Å²) in [5.74, 6) is 0.664. The standard InChI is InChI=1S/C21H20N4O3/c1-24-17-11-13(8-9-18(17)28-21(24)27)20(26)25-10-4-5-14(12-25)19-22-15-6-2-3-7-16(15)23-19/h2-3,6-9,11,14H,4-5,10,12H2,1H3,(H,22,23)/t14-/m1/s1. The summed E-state index contributed by atoms with van der Waals surface area (Å²) in [5, 5.41) is 0. The zero-order valence-corrected chi connectivity index (χ0v) is 15.5. The molecule has 0 bridgehead atoms. The fourth-order valence-corrected chi connectivity index (χ4v) is 3.99. The van der Waals surface area contributed by atoms with E-state index in [2.05, 4.69) is 4.98 Å². The molecule has 4 aromatic rings. The number of hydrogen-bond acceptors (Lipinski definition) is 4. The molecule has 142 valence electrons. The largest absolute Gasteiger partial charge is 0.419 e. The number of rotatable bonds is 2. The molecule has 0 unspecified atom stereocenters. The van der Waals surface area contributed by atoms with Gasteiger partial charge in [0.25, 0.3) is 5.91 Å². The minimum absolute atomic E-state index is 0.0311. The number of oxazole rings is 1. The highest BCUT2D eigenvalue weighted by atomic mass is 16.4. The number of carbonyl (C=O) groups excluding carboxylic acids is 1. The van der Waals surface area contributed by atoms with Gasteiger partial charge in [-0.15, -0.1) is 0 Å². The van der Waals surface area contributed by atoms with E-state index in [1.54, 1.807) is 25.2 Å². The maximum absolute atomic E-state index is 13.1. The van der Waals surface area contributed by atoms with Gasteiger partial charge >= 0.3 is 5.76 Å². The summed E-state index contributed by atoms with van der Waals surface area (Å²) < 4.78 is 6.57. The molecule has 0 aliphatic carbocycles. The molecule has 7 heteroatoms. The van der Waals surface area contributed by atoms with Gasteiger partial charge in [0.2, 0.25) is 0 Å². The number of nitrogens with one attached hydrogen (secondary N) is 1. The molecule has 1 fully saturated rings. The van der Waals surface area contributed by atoms with E-state index in [1.165, 1.54) is 4.57 Å². The van der Waals surface area contributed by atoms with E-state index >= 15 is 0 Å². The summed E-state index contributed by atoms with van der Waals surface area (Å²) >= 11 is 0. The second-order valence-corrected chi connectivity index (χ2v) is 7.34. The zero-order valence-electron chi connectivity index (χ0n) is 15.5. The molecule has 1 aliphatic heterocycles. The maximum atomic E-state index is 13.1. The van der Waals surface area contributed by atoms with Crippen LogP contribution >= 0.6 is 0 Å². The van der Waals surface area contributed by atoms with Crippen LogP contribution in [-0.4, -0.2) is 38.4 Å². The Hall–Kier alpha value is -3.35. The minimum Gasteiger partial charge on any atom is -0.408 e. The van der Waals surface area contributed by atoms with Crippen LogP contribution in [0.25, 0.3) is 22.1 Å². The van der Waals surface area contributed by atoms with Gasteiger partial charge in [0.1, 0.15) is 5.82 Å². The number of nitrogens with zero attached hydrogens (tertiary/aromatic N) is 3. The number of aromatic amines is 1. The average Bonchev–Trinajstić information content (AvgIpc) is 3.28. The molecule has 2 aromatic heterocycles. The molecule has 1 amide bonds. The molecule has 1 atom stereocenters. The number of aromatic nitrogens is 3. The van der Waals surface area contributed by atoms with E-state index in [-0.39, 0.29) is 11.8 Å². The highest BCUT2D eigenvalue weighted by molar-refractivity contribution is 5.97. The first-order valence-electron chi connectivity index (χ1n) is 9.43. The van der Waals surface area contributed by atoms with E-state index in [4.69, 9.17) is 9.40 Å². The van der Waals surface area contributed by atoms with Crippen LogP contribution in [0.3, 0.4) is 0 Å². The third-order valence-electron chi connectivity index (χ3n) is 5.54. The van der Waals surface area contributed by atoms with Gasteiger partial charge in [0.15, 0.2) is 5.58 Å². The van der Waals surface area contributed by atoms with Gasteiger partial charge in [0.05, 0.1) is 16.6 Å². The van der Waals surface area contributed by atoms with Crippen molar-refractivity contribution in [2.75, 3.05) is 13.1 Å². The van der Waals surface area contributed by atoms with Crippen molar-refractivity contribution < 1.29 is 9.21 Å². The second-order valence-electron chi connectivity index (χ2n) is 7.34. The van der Waals surface area contributed by atoms with Gasteiger partial charge in [-0.1, -0.05) is 12.1 Å². The van der Waals surface area contributed by atoms with Crippen LogP contribution in [0.5, 0.6) is 0 Å². The van der Waals surface area contributed by atoms with Crippen molar-refractivity contribution in [3.05, 3.63) is 64.4 Å². The number of likely N-dealkylation sites (tertiary alicyclic amines) is 1.